The van der Waals surface area contributed by atoms with Crippen molar-refractivity contribution in [1.29, 1.82) is 0 Å². The molecule has 128 valence electrons. The van der Waals surface area contributed by atoms with Gasteiger partial charge in [-0.05, 0) is 30.3 Å². The second-order valence-corrected chi connectivity index (χ2v) is 6.18. The normalized spacial score (nSPS) is 14.9. The smallest absolute Gasteiger partial charge is 0.124 e. The molecule has 1 saturated heterocycles. The fourth-order valence-corrected chi connectivity index (χ4v) is 3.07. The third kappa shape index (κ3) is 3.51. The minimum Gasteiger partial charge on any atom is -0.497 e. The number of methoxy groups -OCH3 is 1. The number of rotatable bonds is 6. The summed E-state index contributed by atoms with van der Waals surface area (Å²) in [7, 11) is 1.67. The van der Waals surface area contributed by atoms with Crippen molar-refractivity contribution in [2.75, 3.05) is 20.2 Å². The Morgan fingerprint density at radius 2 is 1.80 bits per heavy atom. The highest BCUT2D eigenvalue weighted by Gasteiger charge is 2.29. The van der Waals surface area contributed by atoms with Crippen LogP contribution in [0.3, 0.4) is 0 Å². The van der Waals surface area contributed by atoms with E-state index in [1.54, 1.807) is 7.11 Å². The Morgan fingerprint density at radius 3 is 2.60 bits per heavy atom. The summed E-state index contributed by atoms with van der Waals surface area (Å²) < 4.78 is 13.2. The quantitative estimate of drug-likeness (QED) is 0.694. The van der Waals surface area contributed by atoms with Crippen LogP contribution in [-0.4, -0.2) is 41.0 Å². The van der Waals surface area contributed by atoms with Gasteiger partial charge in [0.1, 0.15) is 17.6 Å². The molecule has 1 aliphatic rings. The van der Waals surface area contributed by atoms with Crippen molar-refractivity contribution >= 4 is 0 Å². The molecule has 1 aliphatic heterocycles. The van der Waals surface area contributed by atoms with Crippen LogP contribution in [-0.2, 0) is 6.54 Å². The third-order valence-electron chi connectivity index (χ3n) is 4.38. The van der Waals surface area contributed by atoms with Crippen LogP contribution in [0, 0.1) is 0 Å². The Hall–Kier alpha value is -2.79. The Morgan fingerprint density at radius 1 is 1.00 bits per heavy atom. The number of aromatic nitrogens is 2. The molecule has 3 aromatic rings. The first-order valence-corrected chi connectivity index (χ1v) is 8.43. The van der Waals surface area contributed by atoms with Gasteiger partial charge in [0.05, 0.1) is 18.5 Å². The lowest BCUT2D eigenvalue weighted by Gasteiger charge is -2.39. The van der Waals surface area contributed by atoms with Gasteiger partial charge in [0.25, 0.3) is 0 Å². The molecular weight excluding hydrogens is 314 g/mol. The number of para-hydroxylation sites is 1. The first kappa shape index (κ1) is 15.7. The van der Waals surface area contributed by atoms with Crippen molar-refractivity contribution in [2.24, 2.45) is 0 Å². The van der Waals surface area contributed by atoms with Gasteiger partial charge in [0.2, 0.25) is 0 Å². The van der Waals surface area contributed by atoms with Crippen molar-refractivity contribution in [3.8, 4) is 17.2 Å². The molecule has 25 heavy (non-hydrogen) atoms. The fraction of sp³-hybridized carbons (Fsp3) is 0.250. The van der Waals surface area contributed by atoms with Gasteiger partial charge in [-0.25, -0.2) is 4.68 Å². The molecular formula is C20H21N3O2. The summed E-state index contributed by atoms with van der Waals surface area (Å²) in [6, 6.07) is 20.1. The van der Waals surface area contributed by atoms with E-state index in [1.807, 2.05) is 53.3 Å². The highest BCUT2D eigenvalue weighted by Crippen LogP contribution is 2.24. The van der Waals surface area contributed by atoms with Crippen molar-refractivity contribution in [2.45, 2.75) is 12.6 Å². The SMILES string of the molecule is COc1cccc(OC2CN(Cc3ccnn3-c3ccccc3)C2)c1. The summed E-state index contributed by atoms with van der Waals surface area (Å²) in [5, 5.41) is 4.45. The maximum absolute atomic E-state index is 6.01. The number of nitrogens with zero attached hydrogens (tertiary/aromatic N) is 3. The van der Waals surface area contributed by atoms with E-state index < -0.39 is 0 Å². The van der Waals surface area contributed by atoms with Crippen LogP contribution in [0.4, 0.5) is 0 Å². The van der Waals surface area contributed by atoms with Gasteiger partial charge in [-0.2, -0.15) is 5.10 Å². The zero-order valence-electron chi connectivity index (χ0n) is 14.2. The maximum atomic E-state index is 6.01. The zero-order chi connectivity index (χ0) is 17.1. The number of likely N-dealkylation sites (tertiary alicyclic amines) is 1. The third-order valence-corrected chi connectivity index (χ3v) is 4.38. The van der Waals surface area contributed by atoms with Gasteiger partial charge in [-0.3, -0.25) is 4.90 Å². The number of benzene rings is 2. The van der Waals surface area contributed by atoms with Crippen LogP contribution < -0.4 is 9.47 Å². The van der Waals surface area contributed by atoms with Gasteiger partial charge in [0.15, 0.2) is 0 Å². The van der Waals surface area contributed by atoms with Crippen LogP contribution in [0.2, 0.25) is 0 Å². The van der Waals surface area contributed by atoms with E-state index in [2.05, 4.69) is 28.2 Å². The molecule has 5 heteroatoms. The molecule has 0 unspecified atom stereocenters. The molecule has 0 N–H and O–H groups in total. The Bertz CT molecular complexity index is 826. The van der Waals surface area contributed by atoms with Gasteiger partial charge in [-0.15, -0.1) is 0 Å². The van der Waals surface area contributed by atoms with E-state index in [4.69, 9.17) is 9.47 Å². The molecule has 2 heterocycles. The van der Waals surface area contributed by atoms with Gasteiger partial charge >= 0.3 is 0 Å². The first-order chi connectivity index (χ1) is 12.3. The minimum absolute atomic E-state index is 0.222. The van der Waals surface area contributed by atoms with E-state index in [0.717, 1.165) is 36.8 Å². The van der Waals surface area contributed by atoms with Crippen molar-refractivity contribution < 1.29 is 9.47 Å². The van der Waals surface area contributed by atoms with Gasteiger partial charge < -0.3 is 9.47 Å². The number of hydrogen-bond acceptors (Lipinski definition) is 4. The average molecular weight is 335 g/mol. The molecule has 2 aromatic carbocycles. The Balaban J connectivity index is 1.34. The zero-order valence-corrected chi connectivity index (χ0v) is 14.2. The van der Waals surface area contributed by atoms with Crippen LogP contribution in [0.25, 0.3) is 5.69 Å². The van der Waals surface area contributed by atoms with Gasteiger partial charge in [0, 0.05) is 31.9 Å². The molecule has 0 radical (unpaired) electrons. The first-order valence-electron chi connectivity index (χ1n) is 8.43. The predicted octanol–water partition coefficient (Wildman–Crippen LogP) is 3.14. The molecule has 0 bridgehead atoms. The maximum Gasteiger partial charge on any atom is 0.124 e. The molecule has 0 amide bonds. The molecule has 0 atom stereocenters. The van der Waals surface area contributed by atoms with Gasteiger partial charge in [-0.1, -0.05) is 24.3 Å². The molecule has 0 aliphatic carbocycles. The lowest BCUT2D eigenvalue weighted by molar-refractivity contribution is 0.0133. The van der Waals surface area contributed by atoms with E-state index in [1.165, 1.54) is 5.69 Å². The molecule has 0 saturated carbocycles. The standard InChI is InChI=1S/C20H21N3O2/c1-24-18-8-5-9-19(12-18)25-20-14-22(15-20)13-17-10-11-21-23(17)16-6-3-2-4-7-16/h2-12,20H,13-15H2,1H3. The summed E-state index contributed by atoms with van der Waals surface area (Å²) in [5.74, 6) is 1.68. The summed E-state index contributed by atoms with van der Waals surface area (Å²) in [6.07, 6.45) is 2.08. The van der Waals surface area contributed by atoms with Crippen molar-refractivity contribution in [3.05, 3.63) is 72.6 Å². The van der Waals surface area contributed by atoms with E-state index in [9.17, 15) is 0 Å². The van der Waals surface area contributed by atoms with Crippen LogP contribution in [0.5, 0.6) is 11.5 Å². The lowest BCUT2D eigenvalue weighted by atomic mass is 10.1. The Labute approximate surface area is 147 Å². The second-order valence-electron chi connectivity index (χ2n) is 6.18. The predicted molar refractivity (Wildman–Crippen MR) is 96.3 cm³/mol. The lowest BCUT2D eigenvalue weighted by Crippen LogP contribution is -2.53. The van der Waals surface area contributed by atoms with Crippen LogP contribution in [0.1, 0.15) is 5.69 Å². The van der Waals surface area contributed by atoms with Crippen molar-refractivity contribution in [3.63, 3.8) is 0 Å². The molecule has 1 aromatic heterocycles. The second kappa shape index (κ2) is 6.99. The summed E-state index contributed by atoms with van der Waals surface area (Å²) >= 11 is 0. The Kier molecular flexibility index (Phi) is 4.39. The molecule has 0 spiro atoms. The summed E-state index contributed by atoms with van der Waals surface area (Å²) in [6.45, 7) is 2.70. The van der Waals surface area contributed by atoms with E-state index in [0.29, 0.717) is 0 Å². The number of hydrogen-bond donors (Lipinski definition) is 0. The van der Waals surface area contributed by atoms with Crippen LogP contribution in [0.15, 0.2) is 66.9 Å². The fourth-order valence-electron chi connectivity index (χ4n) is 3.07. The topological polar surface area (TPSA) is 39.5 Å². The summed E-state index contributed by atoms with van der Waals surface area (Å²) in [5.41, 5.74) is 2.28. The van der Waals surface area contributed by atoms with E-state index >= 15 is 0 Å². The molecule has 1 fully saturated rings. The largest absolute Gasteiger partial charge is 0.497 e. The molecule has 4 rings (SSSR count). The van der Waals surface area contributed by atoms with Crippen LogP contribution >= 0.6 is 0 Å². The minimum atomic E-state index is 0.222. The highest BCUT2D eigenvalue weighted by atomic mass is 16.5. The van der Waals surface area contributed by atoms with E-state index in [-0.39, 0.29) is 6.10 Å². The summed E-state index contributed by atoms with van der Waals surface area (Å²) in [4.78, 5) is 2.36. The molecule has 5 nitrogen and oxygen atoms in total. The van der Waals surface area contributed by atoms with Crippen molar-refractivity contribution in [1.82, 2.24) is 14.7 Å². The monoisotopic (exact) mass is 335 g/mol. The number of ether oxygens (including phenoxy) is 2. The average Bonchev–Trinajstić information content (AvgIpc) is 3.09. The highest BCUT2D eigenvalue weighted by molar-refractivity contribution is 5.33.